The summed E-state index contributed by atoms with van der Waals surface area (Å²) in [5.41, 5.74) is 1.80. The van der Waals surface area contributed by atoms with Gasteiger partial charge in [-0.05, 0) is 70.2 Å². The van der Waals surface area contributed by atoms with E-state index in [0.717, 1.165) is 21.7 Å². The molecule has 4 rings (SSSR count). The molecule has 0 radical (unpaired) electrons. The molecule has 39 heavy (non-hydrogen) atoms. The van der Waals surface area contributed by atoms with Crippen molar-refractivity contribution < 1.29 is 28.6 Å². The number of benzene rings is 1. The van der Waals surface area contributed by atoms with E-state index < -0.39 is 21.6 Å². The Morgan fingerprint density at radius 1 is 0.974 bits per heavy atom. The first-order valence-corrected chi connectivity index (χ1v) is 15.7. The predicted octanol–water partition coefficient (Wildman–Crippen LogP) is 6.74. The molecule has 3 aliphatic heterocycles. The van der Waals surface area contributed by atoms with E-state index >= 15 is 0 Å². The summed E-state index contributed by atoms with van der Waals surface area (Å²) in [5.74, 6) is 0.0404. The summed E-state index contributed by atoms with van der Waals surface area (Å²) in [4.78, 5) is 43.3. The molecule has 1 amide bonds. The van der Waals surface area contributed by atoms with Gasteiger partial charge >= 0.3 is 11.9 Å². The van der Waals surface area contributed by atoms with Crippen LogP contribution in [0.15, 0.2) is 44.4 Å². The third-order valence-electron chi connectivity index (χ3n) is 6.40. The number of ether oxygens (including phenoxy) is 3. The van der Waals surface area contributed by atoms with Crippen LogP contribution in [0.5, 0.6) is 5.75 Å². The van der Waals surface area contributed by atoms with Gasteiger partial charge in [0.1, 0.15) is 14.7 Å². The fraction of sp³-hybridized carbons (Fsp3) is 0.483. The molecule has 0 N–H and O–H groups in total. The van der Waals surface area contributed by atoms with Crippen molar-refractivity contribution in [1.29, 1.82) is 0 Å². The van der Waals surface area contributed by atoms with Crippen molar-refractivity contribution in [3.05, 3.63) is 50.0 Å². The van der Waals surface area contributed by atoms with Gasteiger partial charge in [0.25, 0.3) is 0 Å². The minimum Gasteiger partial charge on any atom is -0.494 e. The molecule has 1 aromatic rings. The predicted molar refractivity (Wildman–Crippen MR) is 160 cm³/mol. The van der Waals surface area contributed by atoms with E-state index in [2.05, 4.69) is 0 Å². The summed E-state index contributed by atoms with van der Waals surface area (Å²) in [7, 11) is 0. The molecule has 1 unspecified atom stereocenters. The maximum absolute atomic E-state index is 13.8. The highest BCUT2D eigenvalue weighted by molar-refractivity contribution is 8.25. The minimum absolute atomic E-state index is 0.00548. The number of esters is 2. The topological polar surface area (TPSA) is 82.1 Å². The molecule has 1 atom stereocenters. The van der Waals surface area contributed by atoms with Crippen LogP contribution < -0.4 is 9.64 Å². The quantitative estimate of drug-likeness (QED) is 0.306. The number of nitrogens with zero attached hydrogens (tertiary/aromatic N) is 1. The monoisotopic (exact) mass is 589 g/mol. The Hall–Kier alpha value is -2.30. The van der Waals surface area contributed by atoms with Gasteiger partial charge in [0.2, 0.25) is 5.91 Å². The Morgan fingerprint density at radius 2 is 1.64 bits per heavy atom. The third kappa shape index (κ3) is 5.52. The molecule has 1 aromatic carbocycles. The highest BCUT2D eigenvalue weighted by Crippen LogP contribution is 2.67. The van der Waals surface area contributed by atoms with Crippen molar-refractivity contribution >= 4 is 64.4 Å². The Labute approximate surface area is 243 Å². The number of carbonyl (C=O) groups excluding carboxylic acids is 3. The summed E-state index contributed by atoms with van der Waals surface area (Å²) in [6.45, 7) is 14.6. The third-order valence-corrected chi connectivity index (χ3v) is 10.7. The molecule has 10 heteroatoms. The molecule has 0 bridgehead atoms. The molecule has 7 nitrogen and oxygen atoms in total. The molecule has 210 valence electrons. The van der Waals surface area contributed by atoms with E-state index in [1.807, 2.05) is 63.8 Å². The van der Waals surface area contributed by atoms with Crippen LogP contribution in [0.2, 0.25) is 0 Å². The average Bonchev–Trinajstić information content (AvgIpc) is 3.28. The summed E-state index contributed by atoms with van der Waals surface area (Å²) in [6.07, 6.45) is 2.28. The van der Waals surface area contributed by atoms with Gasteiger partial charge in [-0.15, -0.1) is 11.8 Å². The van der Waals surface area contributed by atoms with Gasteiger partial charge in [-0.25, -0.2) is 9.59 Å². The summed E-state index contributed by atoms with van der Waals surface area (Å²) in [5, 5.41) is 1.80. The van der Waals surface area contributed by atoms with Gasteiger partial charge in [-0.1, -0.05) is 37.4 Å². The van der Waals surface area contributed by atoms with Crippen molar-refractivity contribution in [2.75, 3.05) is 24.7 Å². The molecule has 3 aliphatic rings. The van der Waals surface area contributed by atoms with E-state index in [-0.39, 0.29) is 25.0 Å². The van der Waals surface area contributed by atoms with Crippen LogP contribution in [0, 0.1) is 5.92 Å². The van der Waals surface area contributed by atoms with Crippen LogP contribution in [-0.4, -0.2) is 47.3 Å². The minimum atomic E-state index is -0.838. The number of anilines is 1. The van der Waals surface area contributed by atoms with Gasteiger partial charge in [-0.3, -0.25) is 4.79 Å². The van der Waals surface area contributed by atoms with E-state index in [0.29, 0.717) is 28.6 Å². The van der Waals surface area contributed by atoms with Crippen LogP contribution in [0.1, 0.15) is 60.5 Å². The number of fused-ring (bicyclic) bond motifs is 3. The highest BCUT2D eigenvalue weighted by atomic mass is 32.2. The van der Waals surface area contributed by atoms with Crippen molar-refractivity contribution in [2.24, 2.45) is 5.92 Å². The number of hydrogen-bond acceptors (Lipinski definition) is 9. The van der Waals surface area contributed by atoms with Gasteiger partial charge in [0, 0.05) is 22.5 Å². The maximum Gasteiger partial charge on any atom is 0.345 e. The SMILES string of the molecule is CCOC(=O)C1=CC2(SC=C(C(=O)OCC)S2)C2=C(S1)C(C)(C)N(C(=O)CC(C)C)c1ccc(OCC)cc12. The number of thioether (sulfide) groups is 3. The van der Waals surface area contributed by atoms with E-state index in [1.54, 1.807) is 19.3 Å². The Morgan fingerprint density at radius 3 is 2.26 bits per heavy atom. The number of amides is 1. The first-order chi connectivity index (χ1) is 18.5. The van der Waals surface area contributed by atoms with Gasteiger partial charge in [0.15, 0.2) is 0 Å². The lowest BCUT2D eigenvalue weighted by molar-refractivity contribution is -0.138. The maximum atomic E-state index is 13.8. The van der Waals surface area contributed by atoms with E-state index in [4.69, 9.17) is 14.2 Å². The van der Waals surface area contributed by atoms with Gasteiger partial charge < -0.3 is 19.1 Å². The summed E-state index contributed by atoms with van der Waals surface area (Å²) >= 11 is 4.16. The zero-order valence-electron chi connectivity index (χ0n) is 23.4. The molecule has 0 aromatic heterocycles. The summed E-state index contributed by atoms with van der Waals surface area (Å²) < 4.78 is 15.8. The molecular formula is C29H35NO6S3. The van der Waals surface area contributed by atoms with E-state index in [9.17, 15) is 14.4 Å². The molecular weight excluding hydrogens is 555 g/mol. The van der Waals surface area contributed by atoms with Crippen molar-refractivity contribution in [3.63, 3.8) is 0 Å². The standard InChI is InChI=1S/C29H35NO6S3/c1-8-34-18-11-12-20-19(14-18)24-25(28(6,7)30(20)23(31)13-17(4)5)38-21(26(32)35-9-2)15-29(24)37-16-22(39-29)27(33)36-10-3/h11-12,14-17H,8-10,13H2,1-7H3. The number of carbonyl (C=O) groups is 3. The highest BCUT2D eigenvalue weighted by Gasteiger charge is 2.54. The van der Waals surface area contributed by atoms with Crippen molar-refractivity contribution in [3.8, 4) is 5.75 Å². The molecule has 0 saturated heterocycles. The molecule has 0 fully saturated rings. The second kappa shape index (κ2) is 11.7. The second-order valence-corrected chi connectivity index (χ2v) is 13.8. The largest absolute Gasteiger partial charge is 0.494 e. The number of rotatable bonds is 8. The van der Waals surface area contributed by atoms with Gasteiger partial charge in [0.05, 0.1) is 36.0 Å². The Bertz CT molecular complexity index is 1280. The van der Waals surface area contributed by atoms with Crippen LogP contribution in [0.25, 0.3) is 5.57 Å². The lowest BCUT2D eigenvalue weighted by Crippen LogP contribution is -2.53. The first kappa shape index (κ1) is 29.7. The summed E-state index contributed by atoms with van der Waals surface area (Å²) in [6, 6.07) is 5.80. The number of hydrogen-bond donors (Lipinski definition) is 0. The zero-order valence-corrected chi connectivity index (χ0v) is 25.9. The first-order valence-electron chi connectivity index (χ1n) is 13.2. The second-order valence-electron chi connectivity index (χ2n) is 10.1. The van der Waals surface area contributed by atoms with Crippen LogP contribution in [-0.2, 0) is 23.9 Å². The van der Waals surface area contributed by atoms with Crippen LogP contribution >= 0.6 is 35.3 Å². The molecule has 1 spiro atoms. The lowest BCUT2D eigenvalue weighted by atomic mass is 9.84. The molecule has 3 heterocycles. The van der Waals surface area contributed by atoms with E-state index in [1.165, 1.54) is 35.3 Å². The average molecular weight is 590 g/mol. The molecule has 0 saturated carbocycles. The van der Waals surface area contributed by atoms with Crippen molar-refractivity contribution in [1.82, 2.24) is 0 Å². The molecule has 0 aliphatic carbocycles. The van der Waals surface area contributed by atoms with Crippen molar-refractivity contribution in [2.45, 2.75) is 64.5 Å². The van der Waals surface area contributed by atoms with Crippen LogP contribution in [0.3, 0.4) is 0 Å². The fourth-order valence-corrected chi connectivity index (χ4v) is 9.30. The Kier molecular flexibility index (Phi) is 8.88. The zero-order chi connectivity index (χ0) is 28.5. The fourth-order valence-electron chi connectivity index (χ4n) is 4.91. The smallest absolute Gasteiger partial charge is 0.345 e. The van der Waals surface area contributed by atoms with Gasteiger partial charge in [-0.2, -0.15) is 0 Å². The lowest BCUT2D eigenvalue weighted by Gasteiger charge is -2.50. The Balaban J connectivity index is 1.96. The normalized spacial score (nSPS) is 21.3. The van der Waals surface area contributed by atoms with Crippen LogP contribution in [0.4, 0.5) is 5.69 Å².